The Balaban J connectivity index is 1.64. The first-order chi connectivity index (χ1) is 15.0. The number of alkyl halides is 3. The second-order valence-electron chi connectivity index (χ2n) is 6.89. The van der Waals surface area contributed by atoms with Crippen LogP contribution >= 0.6 is 11.6 Å². The maximum absolute atomic E-state index is 13.0. The maximum Gasteiger partial charge on any atom is 0.417 e. The number of benzene rings is 2. The Kier molecular flexibility index (Phi) is 6.68. The molecule has 5 N–H and O–H groups in total. The summed E-state index contributed by atoms with van der Waals surface area (Å²) in [6.45, 7) is 1.91. The molecule has 2 aromatic rings. The first-order valence-electron chi connectivity index (χ1n) is 9.24. The van der Waals surface area contributed by atoms with Gasteiger partial charge in [-0.25, -0.2) is 4.99 Å². The van der Waals surface area contributed by atoms with Crippen molar-refractivity contribution in [3.8, 4) is 0 Å². The molecule has 1 unspecified atom stereocenters. The Hall–Kier alpha value is -3.60. The van der Waals surface area contributed by atoms with Gasteiger partial charge in [-0.1, -0.05) is 23.7 Å². The number of anilines is 2. The van der Waals surface area contributed by atoms with Gasteiger partial charge in [0.1, 0.15) is 6.04 Å². The van der Waals surface area contributed by atoms with Crippen molar-refractivity contribution >= 4 is 46.7 Å². The molecule has 1 aliphatic rings. The lowest BCUT2D eigenvalue weighted by Crippen LogP contribution is -2.32. The molecule has 168 valence electrons. The molecule has 8 nitrogen and oxygen atoms in total. The molecule has 0 aliphatic carbocycles. The molecule has 0 fully saturated rings. The van der Waals surface area contributed by atoms with Crippen molar-refractivity contribution in [1.29, 1.82) is 0 Å². The van der Waals surface area contributed by atoms with Crippen LogP contribution in [0.5, 0.6) is 0 Å². The minimum atomic E-state index is -4.67. The summed E-state index contributed by atoms with van der Waals surface area (Å²) < 4.78 is 38.9. The summed E-state index contributed by atoms with van der Waals surface area (Å²) in [5.74, 6) is -1.41. The van der Waals surface area contributed by atoms with Crippen LogP contribution in [-0.2, 0) is 15.8 Å². The average molecular weight is 467 g/mol. The molecule has 1 atom stereocenters. The van der Waals surface area contributed by atoms with Crippen molar-refractivity contribution in [2.24, 2.45) is 15.7 Å². The number of rotatable bonds is 4. The molecule has 3 rings (SSSR count). The fourth-order valence-electron chi connectivity index (χ4n) is 2.85. The zero-order valence-corrected chi connectivity index (χ0v) is 17.4. The van der Waals surface area contributed by atoms with E-state index in [0.29, 0.717) is 11.8 Å². The number of carbonyl (C=O) groups is 2. The fraction of sp³-hybridized carbons (Fsp3) is 0.200. The van der Waals surface area contributed by atoms with Crippen LogP contribution in [0.2, 0.25) is 5.02 Å². The minimum Gasteiger partial charge on any atom is -0.369 e. The molecule has 0 radical (unpaired) electrons. The quantitative estimate of drug-likeness (QED) is 0.408. The summed E-state index contributed by atoms with van der Waals surface area (Å²) in [5, 5.41) is 7.06. The van der Waals surface area contributed by atoms with E-state index >= 15 is 0 Å². The molecule has 2 aromatic carbocycles. The van der Waals surface area contributed by atoms with Gasteiger partial charge in [-0.3, -0.25) is 14.9 Å². The van der Waals surface area contributed by atoms with Crippen LogP contribution in [-0.4, -0.2) is 29.8 Å². The fourth-order valence-corrected chi connectivity index (χ4v) is 3.07. The monoisotopic (exact) mass is 466 g/mol. The lowest BCUT2D eigenvalue weighted by molar-refractivity contribution is -0.137. The number of nitrogens with zero attached hydrogens (tertiary/aromatic N) is 2. The van der Waals surface area contributed by atoms with Gasteiger partial charge < -0.3 is 16.4 Å². The van der Waals surface area contributed by atoms with Gasteiger partial charge >= 0.3 is 6.18 Å². The van der Waals surface area contributed by atoms with Crippen molar-refractivity contribution in [2.45, 2.75) is 25.6 Å². The molecule has 0 aromatic heterocycles. The molecule has 12 heteroatoms. The van der Waals surface area contributed by atoms with E-state index in [9.17, 15) is 22.8 Å². The normalized spacial score (nSPS) is 16.4. The minimum absolute atomic E-state index is 0.0272. The number of nitrogens with one attached hydrogen (secondary N) is 3. The molecule has 0 saturated heterocycles. The van der Waals surface area contributed by atoms with E-state index in [1.165, 1.54) is 6.07 Å². The second kappa shape index (κ2) is 9.27. The molecule has 0 saturated carbocycles. The van der Waals surface area contributed by atoms with Crippen molar-refractivity contribution in [2.75, 3.05) is 10.6 Å². The van der Waals surface area contributed by atoms with Gasteiger partial charge in [0.15, 0.2) is 0 Å². The van der Waals surface area contributed by atoms with Crippen LogP contribution in [0.3, 0.4) is 0 Å². The van der Waals surface area contributed by atoms with Crippen molar-refractivity contribution in [1.82, 2.24) is 5.32 Å². The van der Waals surface area contributed by atoms with E-state index in [4.69, 9.17) is 17.3 Å². The third kappa shape index (κ3) is 5.97. The third-order valence-corrected chi connectivity index (χ3v) is 4.60. The Labute approximate surface area is 185 Å². The lowest BCUT2D eigenvalue weighted by atomic mass is 10.1. The Morgan fingerprint density at radius 1 is 1.22 bits per heavy atom. The number of aliphatic imine (C=N–C) groups is 2. The first-order valence-corrected chi connectivity index (χ1v) is 9.62. The molecule has 1 aliphatic heterocycles. The summed E-state index contributed by atoms with van der Waals surface area (Å²) in [7, 11) is 0. The van der Waals surface area contributed by atoms with Gasteiger partial charge in [-0.15, -0.1) is 0 Å². The highest BCUT2D eigenvalue weighted by atomic mass is 35.5. The van der Waals surface area contributed by atoms with Crippen molar-refractivity contribution < 1.29 is 22.8 Å². The predicted octanol–water partition coefficient (Wildman–Crippen LogP) is 3.28. The van der Waals surface area contributed by atoms with Gasteiger partial charge in [0.05, 0.1) is 17.0 Å². The van der Waals surface area contributed by atoms with Crippen LogP contribution in [0.1, 0.15) is 17.5 Å². The summed E-state index contributed by atoms with van der Waals surface area (Å²) in [4.78, 5) is 32.3. The van der Waals surface area contributed by atoms with E-state index in [0.717, 1.165) is 11.6 Å². The molecular weight excluding hydrogens is 449 g/mol. The molecule has 0 spiro atoms. The summed E-state index contributed by atoms with van der Waals surface area (Å²) >= 11 is 5.56. The number of guanidine groups is 2. The number of amides is 2. The Morgan fingerprint density at radius 2 is 1.94 bits per heavy atom. The van der Waals surface area contributed by atoms with Crippen molar-refractivity contribution in [3.05, 3.63) is 58.6 Å². The predicted molar refractivity (Wildman–Crippen MR) is 115 cm³/mol. The van der Waals surface area contributed by atoms with Gasteiger partial charge in [0, 0.05) is 11.4 Å². The molecule has 1 heterocycles. The standard InChI is InChI=1S/C20H18ClF3N6O2/c1-10-3-2-4-11(7-10)27-18(25)30-19-28-15(17(32)29-19)9-16(31)26-12-5-6-14(21)13(8-12)20(22,23)24/h2-8,15H,9H2,1H3,(H,26,31)(H4,25,27,28,29,30,32). The number of halogens is 4. The van der Waals surface area contributed by atoms with Gasteiger partial charge in [0.2, 0.25) is 17.8 Å². The zero-order chi connectivity index (χ0) is 23.5. The highest BCUT2D eigenvalue weighted by molar-refractivity contribution is 6.31. The largest absolute Gasteiger partial charge is 0.417 e. The number of carbonyl (C=O) groups excluding carboxylic acids is 2. The van der Waals surface area contributed by atoms with Crippen LogP contribution in [0.4, 0.5) is 24.5 Å². The maximum atomic E-state index is 13.0. The summed E-state index contributed by atoms with van der Waals surface area (Å²) in [5.41, 5.74) is 6.31. The molecule has 0 bridgehead atoms. The Morgan fingerprint density at radius 3 is 2.62 bits per heavy atom. The zero-order valence-electron chi connectivity index (χ0n) is 16.6. The van der Waals surface area contributed by atoms with Gasteiger partial charge in [-0.05, 0) is 42.8 Å². The smallest absolute Gasteiger partial charge is 0.369 e. The highest BCUT2D eigenvalue weighted by Gasteiger charge is 2.34. The SMILES string of the molecule is Cc1cccc(N/C(N)=N/C2=NC(CC(=O)Nc3ccc(Cl)c(C(F)(F)F)c3)C(=O)N2)c1. The number of hydrogen-bond donors (Lipinski definition) is 4. The Bertz CT molecular complexity index is 1120. The van der Waals surface area contributed by atoms with Crippen LogP contribution in [0.25, 0.3) is 0 Å². The third-order valence-electron chi connectivity index (χ3n) is 4.27. The van der Waals surface area contributed by atoms with Gasteiger partial charge in [0.25, 0.3) is 5.91 Å². The summed E-state index contributed by atoms with van der Waals surface area (Å²) in [6, 6.07) is 9.21. The van der Waals surface area contributed by atoms with Crippen LogP contribution in [0.15, 0.2) is 52.4 Å². The molecule has 2 amide bonds. The van der Waals surface area contributed by atoms with E-state index in [1.54, 1.807) is 6.07 Å². The second-order valence-corrected chi connectivity index (χ2v) is 7.30. The van der Waals surface area contributed by atoms with E-state index in [2.05, 4.69) is 25.9 Å². The van der Waals surface area contributed by atoms with E-state index in [1.807, 2.05) is 25.1 Å². The molecule has 32 heavy (non-hydrogen) atoms. The molecular formula is C20H18ClF3N6O2. The lowest BCUT2D eigenvalue weighted by Gasteiger charge is -2.12. The van der Waals surface area contributed by atoms with Crippen molar-refractivity contribution in [3.63, 3.8) is 0 Å². The summed E-state index contributed by atoms with van der Waals surface area (Å²) in [6.07, 6.45) is -5.08. The highest BCUT2D eigenvalue weighted by Crippen LogP contribution is 2.36. The van der Waals surface area contributed by atoms with Crippen LogP contribution in [0, 0.1) is 6.92 Å². The van der Waals surface area contributed by atoms with Crippen LogP contribution < -0.4 is 21.7 Å². The number of hydrogen-bond acceptors (Lipinski definition) is 4. The van der Waals surface area contributed by atoms with E-state index < -0.39 is 41.0 Å². The average Bonchev–Trinajstić information content (AvgIpc) is 3.00. The number of nitrogens with two attached hydrogens (primary N) is 1. The topological polar surface area (TPSA) is 121 Å². The van der Waals surface area contributed by atoms with E-state index in [-0.39, 0.29) is 17.6 Å². The van der Waals surface area contributed by atoms with Gasteiger partial charge in [-0.2, -0.15) is 18.2 Å². The first kappa shape index (κ1) is 23.1. The number of aryl methyl sites for hydroxylation is 1.